The molecule has 0 fully saturated rings. The van der Waals surface area contributed by atoms with E-state index in [-0.39, 0.29) is 10.4 Å². The van der Waals surface area contributed by atoms with E-state index in [2.05, 4.69) is 5.32 Å². The van der Waals surface area contributed by atoms with Crippen molar-refractivity contribution in [2.75, 3.05) is 4.90 Å². The Morgan fingerprint density at radius 1 is 1.25 bits per heavy atom. The summed E-state index contributed by atoms with van der Waals surface area (Å²) in [6.07, 6.45) is 2.04. The molecule has 0 unspecified atom stereocenters. The van der Waals surface area contributed by atoms with Crippen molar-refractivity contribution >= 4 is 33.1 Å². The Balaban J connectivity index is 2.40. The molecule has 0 saturated carbocycles. The minimum Gasteiger partial charge on any atom is -0.354 e. The Hall–Kier alpha value is -1.44. The molecule has 1 heterocycles. The maximum Gasteiger partial charge on any atom is 0.294 e. The Kier molecular flexibility index (Phi) is 3.62. The molecule has 0 spiro atoms. The summed E-state index contributed by atoms with van der Waals surface area (Å²) in [6.45, 7) is 5.97. The fourth-order valence-corrected chi connectivity index (χ4v) is 3.20. The summed E-state index contributed by atoms with van der Waals surface area (Å²) in [6, 6.07) is 5.90. The molecule has 1 aliphatic heterocycles. The van der Waals surface area contributed by atoms with Gasteiger partial charge in [0.05, 0.1) is 10.4 Å². The summed E-state index contributed by atoms with van der Waals surface area (Å²) in [7, 11) is -4.18. The van der Waals surface area contributed by atoms with E-state index in [1.807, 2.05) is 31.7 Å². The number of anilines is 1. The first kappa shape index (κ1) is 15.0. The third-order valence-corrected chi connectivity index (χ3v) is 4.10. The molecule has 1 aliphatic rings. The van der Waals surface area contributed by atoms with E-state index in [1.54, 1.807) is 12.1 Å². The predicted molar refractivity (Wildman–Crippen MR) is 82.3 cm³/mol. The summed E-state index contributed by atoms with van der Waals surface area (Å²) in [5.41, 5.74) is 1.48. The van der Waals surface area contributed by atoms with Crippen LogP contribution in [0.25, 0.3) is 0 Å². The van der Waals surface area contributed by atoms with Gasteiger partial charge in [0.2, 0.25) is 0 Å². The standard InChI is InChI=1S/C13H16N2O3S2/c1-9-8-13(2,3)14-12(19)15(9)10-4-6-11(7-5-10)20(16,17)18/h4-8H,1-3H3,(H,14,19)(H,16,17,18). The zero-order valence-corrected chi connectivity index (χ0v) is 13.0. The molecule has 0 atom stereocenters. The summed E-state index contributed by atoms with van der Waals surface area (Å²) in [5.74, 6) is 0. The Bertz CT molecular complexity index is 676. The van der Waals surface area contributed by atoms with E-state index >= 15 is 0 Å². The molecule has 0 aromatic heterocycles. The van der Waals surface area contributed by atoms with Gasteiger partial charge in [0.1, 0.15) is 0 Å². The van der Waals surface area contributed by atoms with Gasteiger partial charge < -0.3 is 5.32 Å². The zero-order chi connectivity index (χ0) is 15.1. The smallest absolute Gasteiger partial charge is 0.294 e. The molecular formula is C13H16N2O3S2. The van der Waals surface area contributed by atoms with Gasteiger partial charge in [-0.25, -0.2) is 0 Å². The molecule has 108 valence electrons. The predicted octanol–water partition coefficient (Wildman–Crippen LogP) is 2.31. The monoisotopic (exact) mass is 312 g/mol. The largest absolute Gasteiger partial charge is 0.354 e. The second-order valence-corrected chi connectivity index (χ2v) is 7.05. The van der Waals surface area contributed by atoms with E-state index in [4.69, 9.17) is 16.8 Å². The Labute approximate surface area is 124 Å². The molecule has 7 heteroatoms. The van der Waals surface area contributed by atoms with Crippen LogP contribution in [0.1, 0.15) is 20.8 Å². The van der Waals surface area contributed by atoms with E-state index in [0.29, 0.717) is 5.11 Å². The minimum atomic E-state index is -4.18. The van der Waals surface area contributed by atoms with Crippen LogP contribution in [0, 0.1) is 0 Å². The number of hydrogen-bond acceptors (Lipinski definition) is 3. The number of nitrogens with one attached hydrogen (secondary N) is 1. The van der Waals surface area contributed by atoms with Gasteiger partial charge in [0.15, 0.2) is 5.11 Å². The molecule has 2 rings (SSSR count). The van der Waals surface area contributed by atoms with E-state index in [0.717, 1.165) is 11.4 Å². The number of allylic oxidation sites excluding steroid dienone is 1. The minimum absolute atomic E-state index is 0.140. The summed E-state index contributed by atoms with van der Waals surface area (Å²) in [4.78, 5) is 1.67. The van der Waals surface area contributed by atoms with Gasteiger partial charge >= 0.3 is 0 Å². The number of hydrogen-bond donors (Lipinski definition) is 2. The van der Waals surface area contributed by atoms with Gasteiger partial charge in [-0.05, 0) is 63.3 Å². The quantitative estimate of drug-likeness (QED) is 0.645. The number of rotatable bonds is 2. The Morgan fingerprint density at radius 3 is 2.25 bits per heavy atom. The maximum atomic E-state index is 11.0. The van der Waals surface area contributed by atoms with Crippen molar-refractivity contribution in [3.05, 3.63) is 36.0 Å². The van der Waals surface area contributed by atoms with Crippen LogP contribution >= 0.6 is 12.2 Å². The molecule has 5 nitrogen and oxygen atoms in total. The summed E-state index contributed by atoms with van der Waals surface area (Å²) < 4.78 is 31.0. The average Bonchev–Trinajstić information content (AvgIpc) is 2.25. The lowest BCUT2D eigenvalue weighted by molar-refractivity contribution is 0.483. The topological polar surface area (TPSA) is 69.6 Å². The fraction of sp³-hybridized carbons (Fsp3) is 0.308. The second-order valence-electron chi connectivity index (χ2n) is 5.24. The van der Waals surface area contributed by atoms with Gasteiger partial charge in [-0.2, -0.15) is 8.42 Å². The molecule has 2 N–H and O–H groups in total. The summed E-state index contributed by atoms with van der Waals surface area (Å²) >= 11 is 5.35. The molecule has 0 radical (unpaired) electrons. The van der Waals surface area contributed by atoms with Gasteiger partial charge in [0.25, 0.3) is 10.1 Å². The maximum absolute atomic E-state index is 11.0. The van der Waals surface area contributed by atoms with Crippen molar-refractivity contribution in [1.29, 1.82) is 0 Å². The van der Waals surface area contributed by atoms with Crippen LogP contribution in [0.15, 0.2) is 40.9 Å². The first-order chi connectivity index (χ1) is 9.10. The van der Waals surface area contributed by atoms with Crippen molar-refractivity contribution < 1.29 is 13.0 Å². The molecule has 1 aromatic rings. The molecular weight excluding hydrogens is 296 g/mol. The van der Waals surface area contributed by atoms with Crippen molar-refractivity contribution in [3.8, 4) is 0 Å². The highest BCUT2D eigenvalue weighted by atomic mass is 32.2. The highest BCUT2D eigenvalue weighted by molar-refractivity contribution is 7.85. The second kappa shape index (κ2) is 4.83. The van der Waals surface area contributed by atoms with Crippen molar-refractivity contribution in [1.82, 2.24) is 5.32 Å². The van der Waals surface area contributed by atoms with E-state index in [9.17, 15) is 8.42 Å². The zero-order valence-electron chi connectivity index (χ0n) is 11.4. The third kappa shape index (κ3) is 3.00. The van der Waals surface area contributed by atoms with Crippen LogP contribution in [-0.4, -0.2) is 23.6 Å². The SMILES string of the molecule is CC1=CC(C)(C)NC(=S)N1c1ccc(S(=O)(=O)O)cc1. The van der Waals surface area contributed by atoms with E-state index in [1.165, 1.54) is 12.1 Å². The lowest BCUT2D eigenvalue weighted by atomic mass is 10.0. The van der Waals surface area contributed by atoms with Crippen LogP contribution in [0.2, 0.25) is 0 Å². The first-order valence-electron chi connectivity index (χ1n) is 5.99. The molecule has 20 heavy (non-hydrogen) atoms. The van der Waals surface area contributed by atoms with Gasteiger partial charge in [-0.1, -0.05) is 0 Å². The van der Waals surface area contributed by atoms with Crippen LogP contribution in [0.5, 0.6) is 0 Å². The van der Waals surface area contributed by atoms with Gasteiger partial charge in [0, 0.05) is 11.4 Å². The molecule has 0 bridgehead atoms. The Morgan fingerprint density at radius 2 is 1.80 bits per heavy atom. The van der Waals surface area contributed by atoms with E-state index < -0.39 is 10.1 Å². The van der Waals surface area contributed by atoms with Gasteiger partial charge in [-0.3, -0.25) is 9.45 Å². The highest BCUT2D eigenvalue weighted by Gasteiger charge is 2.27. The first-order valence-corrected chi connectivity index (χ1v) is 7.84. The van der Waals surface area contributed by atoms with Crippen molar-refractivity contribution in [2.24, 2.45) is 0 Å². The third-order valence-electron chi connectivity index (χ3n) is 2.95. The molecule has 0 saturated heterocycles. The lowest BCUT2D eigenvalue weighted by Gasteiger charge is -2.38. The number of thiocarbonyl (C=S) groups is 1. The average molecular weight is 312 g/mol. The lowest BCUT2D eigenvalue weighted by Crippen LogP contribution is -2.53. The van der Waals surface area contributed by atoms with Crippen LogP contribution in [0.4, 0.5) is 5.69 Å². The normalized spacial score (nSPS) is 18.5. The number of nitrogens with zero attached hydrogens (tertiary/aromatic N) is 1. The van der Waals surface area contributed by atoms with Crippen LogP contribution in [0.3, 0.4) is 0 Å². The molecule has 1 aromatic carbocycles. The molecule has 0 aliphatic carbocycles. The van der Waals surface area contributed by atoms with Crippen LogP contribution in [-0.2, 0) is 10.1 Å². The van der Waals surface area contributed by atoms with Gasteiger partial charge in [-0.15, -0.1) is 0 Å². The van der Waals surface area contributed by atoms with Crippen LogP contribution < -0.4 is 10.2 Å². The molecule has 0 amide bonds. The van der Waals surface area contributed by atoms with Crippen molar-refractivity contribution in [3.63, 3.8) is 0 Å². The summed E-state index contributed by atoms with van der Waals surface area (Å²) in [5, 5.41) is 3.74. The number of benzene rings is 1. The van der Waals surface area contributed by atoms with Crippen molar-refractivity contribution in [2.45, 2.75) is 31.2 Å². The fourth-order valence-electron chi connectivity index (χ4n) is 2.20. The highest BCUT2D eigenvalue weighted by Crippen LogP contribution is 2.26.